The maximum absolute atomic E-state index is 8.95. The highest BCUT2D eigenvalue weighted by atomic mass is 35.5. The van der Waals surface area contributed by atoms with Gasteiger partial charge in [-0.1, -0.05) is 11.6 Å². The molecule has 72 valence electrons. The Morgan fingerprint density at radius 1 is 1.64 bits per heavy atom. The van der Waals surface area contributed by atoms with E-state index in [0.717, 1.165) is 30.6 Å². The van der Waals surface area contributed by atoms with Gasteiger partial charge in [-0.25, -0.2) is 4.98 Å². The van der Waals surface area contributed by atoms with Crippen molar-refractivity contribution in [1.29, 1.82) is 5.26 Å². The van der Waals surface area contributed by atoms with Gasteiger partial charge in [0.2, 0.25) is 0 Å². The number of pyridine rings is 1. The van der Waals surface area contributed by atoms with E-state index in [1.807, 2.05) is 0 Å². The maximum Gasteiger partial charge on any atom is 0.147 e. The van der Waals surface area contributed by atoms with Gasteiger partial charge in [0.15, 0.2) is 0 Å². The molecule has 0 N–H and O–H groups in total. The van der Waals surface area contributed by atoms with Crippen LogP contribution in [0.1, 0.15) is 16.7 Å². The molecule has 0 radical (unpaired) electrons. The van der Waals surface area contributed by atoms with Gasteiger partial charge in [-0.3, -0.25) is 0 Å². The standard InChI is InChI=1S/C10H10ClN3/c1-14-3-2-8-7(6-14)5-13-10(11)9(8)4-12/h5H,2-3,6H2,1H3. The molecule has 0 amide bonds. The van der Waals surface area contributed by atoms with Gasteiger partial charge in [0.1, 0.15) is 11.2 Å². The lowest BCUT2D eigenvalue weighted by Crippen LogP contribution is -2.27. The van der Waals surface area contributed by atoms with Crippen LogP contribution in [0.3, 0.4) is 0 Å². The minimum Gasteiger partial charge on any atom is -0.302 e. The zero-order valence-corrected chi connectivity index (χ0v) is 8.67. The van der Waals surface area contributed by atoms with E-state index in [0.29, 0.717) is 10.7 Å². The first-order valence-electron chi connectivity index (χ1n) is 4.47. The fourth-order valence-corrected chi connectivity index (χ4v) is 1.98. The number of fused-ring (bicyclic) bond motifs is 1. The molecule has 0 atom stereocenters. The highest BCUT2D eigenvalue weighted by Gasteiger charge is 2.18. The smallest absolute Gasteiger partial charge is 0.147 e. The molecule has 0 aliphatic carbocycles. The summed E-state index contributed by atoms with van der Waals surface area (Å²) in [5.74, 6) is 0. The minimum absolute atomic E-state index is 0.329. The molecule has 0 saturated carbocycles. The van der Waals surface area contributed by atoms with Crippen LogP contribution < -0.4 is 0 Å². The summed E-state index contributed by atoms with van der Waals surface area (Å²) in [4.78, 5) is 6.22. The van der Waals surface area contributed by atoms with Crippen LogP contribution >= 0.6 is 11.6 Å². The summed E-state index contributed by atoms with van der Waals surface area (Å²) in [6.45, 7) is 1.83. The third-order valence-electron chi connectivity index (χ3n) is 2.53. The lowest BCUT2D eigenvalue weighted by atomic mass is 9.98. The number of rotatable bonds is 0. The van der Waals surface area contributed by atoms with E-state index < -0.39 is 0 Å². The summed E-state index contributed by atoms with van der Waals surface area (Å²) in [6.07, 6.45) is 2.66. The number of hydrogen-bond acceptors (Lipinski definition) is 3. The zero-order valence-electron chi connectivity index (χ0n) is 7.92. The molecule has 2 rings (SSSR count). The van der Waals surface area contributed by atoms with Gasteiger partial charge in [0.05, 0.1) is 5.56 Å². The normalized spacial score (nSPS) is 16.1. The van der Waals surface area contributed by atoms with E-state index in [1.165, 1.54) is 0 Å². The van der Waals surface area contributed by atoms with Crippen molar-refractivity contribution in [2.45, 2.75) is 13.0 Å². The third-order valence-corrected chi connectivity index (χ3v) is 2.81. The summed E-state index contributed by atoms with van der Waals surface area (Å²) in [6, 6.07) is 2.13. The van der Waals surface area contributed by atoms with Gasteiger partial charge >= 0.3 is 0 Å². The molecule has 1 aromatic heterocycles. The van der Waals surface area contributed by atoms with Gasteiger partial charge in [0, 0.05) is 19.3 Å². The molecule has 0 aromatic carbocycles. The highest BCUT2D eigenvalue weighted by molar-refractivity contribution is 6.30. The van der Waals surface area contributed by atoms with Crippen molar-refractivity contribution >= 4 is 11.6 Å². The van der Waals surface area contributed by atoms with Crippen LogP contribution in [0.2, 0.25) is 5.15 Å². The SMILES string of the molecule is CN1CCc2c(cnc(Cl)c2C#N)C1. The quantitative estimate of drug-likeness (QED) is 0.607. The second kappa shape index (κ2) is 3.56. The highest BCUT2D eigenvalue weighted by Crippen LogP contribution is 2.24. The van der Waals surface area contributed by atoms with Crippen LogP contribution in [0.4, 0.5) is 0 Å². The molecule has 1 aliphatic rings. The minimum atomic E-state index is 0.329. The number of aromatic nitrogens is 1. The Balaban J connectivity index is 2.54. The van der Waals surface area contributed by atoms with Gasteiger partial charge in [-0.15, -0.1) is 0 Å². The summed E-state index contributed by atoms with van der Waals surface area (Å²) >= 11 is 5.85. The average Bonchev–Trinajstić information content (AvgIpc) is 2.18. The fraction of sp³-hybridized carbons (Fsp3) is 0.400. The summed E-state index contributed by atoms with van der Waals surface area (Å²) < 4.78 is 0. The average molecular weight is 208 g/mol. The first-order chi connectivity index (χ1) is 6.72. The Morgan fingerprint density at radius 3 is 3.14 bits per heavy atom. The topological polar surface area (TPSA) is 39.9 Å². The number of hydrogen-bond donors (Lipinski definition) is 0. The van der Waals surface area contributed by atoms with Crippen LogP contribution in [0.5, 0.6) is 0 Å². The van der Waals surface area contributed by atoms with Crippen LogP contribution in [0.15, 0.2) is 6.20 Å². The zero-order chi connectivity index (χ0) is 10.1. The van der Waals surface area contributed by atoms with E-state index in [2.05, 4.69) is 23.0 Å². The first kappa shape index (κ1) is 9.45. The monoisotopic (exact) mass is 207 g/mol. The second-order valence-corrected chi connectivity index (χ2v) is 3.89. The van der Waals surface area contributed by atoms with Gasteiger partial charge < -0.3 is 4.90 Å². The Hall–Kier alpha value is -1.11. The van der Waals surface area contributed by atoms with Crippen molar-refractivity contribution in [1.82, 2.24) is 9.88 Å². The van der Waals surface area contributed by atoms with E-state index in [1.54, 1.807) is 6.20 Å². The fourth-order valence-electron chi connectivity index (χ4n) is 1.77. The summed E-state index contributed by atoms with van der Waals surface area (Å²) in [7, 11) is 2.06. The molecule has 0 fully saturated rings. The molecular formula is C10H10ClN3. The van der Waals surface area contributed by atoms with E-state index in [9.17, 15) is 0 Å². The van der Waals surface area contributed by atoms with E-state index in [4.69, 9.17) is 16.9 Å². The van der Waals surface area contributed by atoms with Crippen molar-refractivity contribution in [2.75, 3.05) is 13.6 Å². The maximum atomic E-state index is 8.95. The van der Waals surface area contributed by atoms with Crippen molar-refractivity contribution in [3.8, 4) is 6.07 Å². The Bertz CT molecular complexity index is 409. The number of likely N-dealkylation sites (N-methyl/N-ethyl adjacent to an activating group) is 1. The Kier molecular flexibility index (Phi) is 2.40. The molecule has 14 heavy (non-hydrogen) atoms. The van der Waals surface area contributed by atoms with Crippen molar-refractivity contribution in [3.63, 3.8) is 0 Å². The second-order valence-electron chi connectivity index (χ2n) is 3.53. The summed E-state index contributed by atoms with van der Waals surface area (Å²) in [5, 5.41) is 9.28. The van der Waals surface area contributed by atoms with E-state index >= 15 is 0 Å². The van der Waals surface area contributed by atoms with Crippen LogP contribution in [0, 0.1) is 11.3 Å². The van der Waals surface area contributed by atoms with Gasteiger partial charge in [-0.05, 0) is 24.6 Å². The molecule has 0 spiro atoms. The predicted molar refractivity (Wildman–Crippen MR) is 54.0 cm³/mol. The molecule has 1 aliphatic heterocycles. The van der Waals surface area contributed by atoms with Crippen molar-refractivity contribution in [2.24, 2.45) is 0 Å². The number of nitriles is 1. The van der Waals surface area contributed by atoms with E-state index in [-0.39, 0.29) is 0 Å². The number of nitrogens with zero attached hydrogens (tertiary/aromatic N) is 3. The van der Waals surface area contributed by atoms with Crippen molar-refractivity contribution < 1.29 is 0 Å². The Labute approximate surface area is 87.9 Å². The Morgan fingerprint density at radius 2 is 2.43 bits per heavy atom. The van der Waals surface area contributed by atoms with Gasteiger partial charge in [0.25, 0.3) is 0 Å². The van der Waals surface area contributed by atoms with Crippen molar-refractivity contribution in [3.05, 3.63) is 28.0 Å². The summed E-state index contributed by atoms with van der Waals surface area (Å²) in [5.41, 5.74) is 2.75. The lowest BCUT2D eigenvalue weighted by Gasteiger charge is -2.25. The first-order valence-corrected chi connectivity index (χ1v) is 4.85. The molecular weight excluding hydrogens is 198 g/mol. The number of halogens is 1. The predicted octanol–water partition coefficient (Wildman–Crippen LogP) is 1.59. The molecule has 0 saturated heterocycles. The van der Waals surface area contributed by atoms with Crippen LogP contribution in [0.25, 0.3) is 0 Å². The molecule has 3 nitrogen and oxygen atoms in total. The lowest BCUT2D eigenvalue weighted by molar-refractivity contribution is 0.312. The largest absolute Gasteiger partial charge is 0.302 e. The van der Waals surface area contributed by atoms with Crippen LogP contribution in [-0.2, 0) is 13.0 Å². The van der Waals surface area contributed by atoms with Gasteiger partial charge in [-0.2, -0.15) is 5.26 Å². The van der Waals surface area contributed by atoms with Crippen LogP contribution in [-0.4, -0.2) is 23.5 Å². The molecule has 1 aromatic rings. The molecule has 0 bridgehead atoms. The molecule has 4 heteroatoms. The third kappa shape index (κ3) is 1.47. The molecule has 0 unspecified atom stereocenters. The molecule has 2 heterocycles.